The number of nitrogens with one attached hydrogen (secondary N) is 1. The first-order valence-corrected chi connectivity index (χ1v) is 8.04. The van der Waals surface area contributed by atoms with Gasteiger partial charge in [0.25, 0.3) is 5.91 Å². The van der Waals surface area contributed by atoms with E-state index in [1.165, 1.54) is 0 Å². The Morgan fingerprint density at radius 3 is 2.71 bits per heavy atom. The van der Waals surface area contributed by atoms with Crippen molar-refractivity contribution in [3.8, 4) is 0 Å². The molecule has 0 saturated heterocycles. The molecule has 24 heavy (non-hydrogen) atoms. The number of nitrogens with zero attached hydrogens (tertiary/aromatic N) is 2. The van der Waals surface area contributed by atoms with Gasteiger partial charge in [-0.05, 0) is 37.6 Å². The number of hydrogen-bond donors (Lipinski definition) is 1. The van der Waals surface area contributed by atoms with Gasteiger partial charge in [0, 0.05) is 12.1 Å². The molecule has 0 aliphatic heterocycles. The molecule has 0 bridgehead atoms. The summed E-state index contributed by atoms with van der Waals surface area (Å²) in [6, 6.07) is 15.3. The van der Waals surface area contributed by atoms with Crippen molar-refractivity contribution in [1.82, 2.24) is 14.9 Å². The van der Waals surface area contributed by atoms with E-state index in [1.54, 1.807) is 0 Å². The summed E-state index contributed by atoms with van der Waals surface area (Å²) in [5.41, 5.74) is 3.62. The molecule has 0 spiro atoms. The number of amides is 1. The zero-order valence-electron chi connectivity index (χ0n) is 14.0. The maximum atomic E-state index is 12.6. The summed E-state index contributed by atoms with van der Waals surface area (Å²) in [6.07, 6.45) is 1.84. The zero-order chi connectivity index (χ0) is 17.1. The van der Waals surface area contributed by atoms with Crippen LogP contribution in [0.4, 0.5) is 0 Å². The Labute approximate surface area is 141 Å². The zero-order valence-corrected chi connectivity index (χ0v) is 14.0. The van der Waals surface area contributed by atoms with Crippen LogP contribution in [0.5, 0.6) is 0 Å². The Hall–Kier alpha value is -2.88. The van der Waals surface area contributed by atoms with Crippen LogP contribution in [0.15, 0.2) is 61.2 Å². The molecule has 2 aromatic carbocycles. The maximum Gasteiger partial charge on any atom is 0.252 e. The minimum Gasteiger partial charge on any atom is -0.342 e. The lowest BCUT2D eigenvalue weighted by molar-refractivity contribution is 0.0937. The molecule has 1 heterocycles. The third kappa shape index (κ3) is 2.95. The highest BCUT2D eigenvalue weighted by molar-refractivity contribution is 5.95. The van der Waals surface area contributed by atoms with Crippen LogP contribution in [0.25, 0.3) is 11.0 Å². The van der Waals surface area contributed by atoms with Crippen LogP contribution in [0.2, 0.25) is 0 Å². The van der Waals surface area contributed by atoms with Crippen molar-refractivity contribution >= 4 is 16.9 Å². The third-order valence-electron chi connectivity index (χ3n) is 4.12. The SMILES string of the molecule is C=CCn1c(C(C)NC(=O)c2ccccc2C)nc2ccccc21. The molecule has 3 rings (SSSR count). The molecule has 1 amide bonds. The minimum absolute atomic E-state index is 0.0854. The molecule has 4 nitrogen and oxygen atoms in total. The molecule has 0 saturated carbocycles. The number of carbonyl (C=O) groups excluding carboxylic acids is 1. The first-order chi connectivity index (χ1) is 11.6. The predicted octanol–water partition coefficient (Wildman–Crippen LogP) is 4.02. The fraction of sp³-hybridized carbons (Fsp3) is 0.200. The fourth-order valence-electron chi connectivity index (χ4n) is 2.91. The van der Waals surface area contributed by atoms with Gasteiger partial charge in [-0.25, -0.2) is 4.98 Å². The average Bonchev–Trinajstić information content (AvgIpc) is 2.94. The van der Waals surface area contributed by atoms with E-state index in [2.05, 4.69) is 16.5 Å². The van der Waals surface area contributed by atoms with E-state index in [4.69, 9.17) is 4.98 Å². The lowest BCUT2D eigenvalue weighted by Gasteiger charge is -2.16. The van der Waals surface area contributed by atoms with E-state index in [9.17, 15) is 4.79 Å². The summed E-state index contributed by atoms with van der Waals surface area (Å²) < 4.78 is 2.09. The molecule has 1 N–H and O–H groups in total. The van der Waals surface area contributed by atoms with Crippen molar-refractivity contribution in [2.75, 3.05) is 0 Å². The van der Waals surface area contributed by atoms with E-state index in [0.717, 1.165) is 22.4 Å². The van der Waals surface area contributed by atoms with Gasteiger partial charge in [0.1, 0.15) is 5.82 Å². The van der Waals surface area contributed by atoms with Crippen LogP contribution in [0, 0.1) is 6.92 Å². The Morgan fingerprint density at radius 2 is 1.96 bits per heavy atom. The second-order valence-corrected chi connectivity index (χ2v) is 5.87. The van der Waals surface area contributed by atoms with Gasteiger partial charge >= 0.3 is 0 Å². The third-order valence-corrected chi connectivity index (χ3v) is 4.12. The summed E-state index contributed by atoms with van der Waals surface area (Å²) >= 11 is 0. The van der Waals surface area contributed by atoms with E-state index < -0.39 is 0 Å². The standard InChI is InChI=1S/C20H21N3O/c1-4-13-23-18-12-8-7-11-17(18)22-19(23)15(3)21-20(24)16-10-6-5-9-14(16)2/h4-12,15H,1,13H2,2-3H3,(H,21,24). The number of imidazole rings is 1. The topological polar surface area (TPSA) is 46.9 Å². The molecular weight excluding hydrogens is 298 g/mol. The van der Waals surface area contributed by atoms with Crippen LogP contribution >= 0.6 is 0 Å². The minimum atomic E-state index is -0.204. The van der Waals surface area contributed by atoms with E-state index >= 15 is 0 Å². The number of carbonyl (C=O) groups is 1. The highest BCUT2D eigenvalue weighted by atomic mass is 16.1. The highest BCUT2D eigenvalue weighted by Gasteiger charge is 2.19. The second kappa shape index (κ2) is 6.71. The monoisotopic (exact) mass is 319 g/mol. The van der Waals surface area contributed by atoms with Crippen LogP contribution in [0.3, 0.4) is 0 Å². The summed E-state index contributed by atoms with van der Waals surface area (Å²) in [6.45, 7) is 8.37. The van der Waals surface area contributed by atoms with Gasteiger partial charge in [-0.2, -0.15) is 0 Å². The van der Waals surface area contributed by atoms with Crippen molar-refractivity contribution in [2.45, 2.75) is 26.4 Å². The second-order valence-electron chi connectivity index (χ2n) is 5.87. The van der Waals surface area contributed by atoms with Crippen LogP contribution in [-0.2, 0) is 6.54 Å². The molecule has 1 aromatic heterocycles. The number of aromatic nitrogens is 2. The molecule has 1 unspecified atom stereocenters. The molecule has 0 aliphatic rings. The van der Waals surface area contributed by atoms with Gasteiger partial charge in [0.2, 0.25) is 0 Å². The number of para-hydroxylation sites is 2. The van der Waals surface area contributed by atoms with E-state index in [0.29, 0.717) is 12.1 Å². The number of allylic oxidation sites excluding steroid dienone is 1. The normalized spacial score (nSPS) is 12.1. The largest absolute Gasteiger partial charge is 0.342 e. The van der Waals surface area contributed by atoms with Gasteiger partial charge in [-0.3, -0.25) is 4.79 Å². The molecule has 4 heteroatoms. The highest BCUT2D eigenvalue weighted by Crippen LogP contribution is 2.21. The number of fused-ring (bicyclic) bond motifs is 1. The average molecular weight is 319 g/mol. The molecule has 3 aromatic rings. The number of hydrogen-bond acceptors (Lipinski definition) is 2. The summed E-state index contributed by atoms with van der Waals surface area (Å²) in [5.74, 6) is 0.746. The summed E-state index contributed by atoms with van der Waals surface area (Å²) in [4.78, 5) is 17.3. The Kier molecular flexibility index (Phi) is 4.47. The lowest BCUT2D eigenvalue weighted by Crippen LogP contribution is -2.29. The van der Waals surface area contributed by atoms with Gasteiger partial charge in [-0.15, -0.1) is 6.58 Å². The predicted molar refractivity (Wildman–Crippen MR) is 97.0 cm³/mol. The molecule has 122 valence electrons. The van der Waals surface area contributed by atoms with Crippen molar-refractivity contribution in [2.24, 2.45) is 0 Å². The molecule has 1 atom stereocenters. The lowest BCUT2D eigenvalue weighted by atomic mass is 10.1. The Bertz CT molecular complexity index is 895. The van der Waals surface area contributed by atoms with Crippen molar-refractivity contribution < 1.29 is 4.79 Å². The van der Waals surface area contributed by atoms with Crippen LogP contribution in [0.1, 0.15) is 34.7 Å². The Morgan fingerprint density at radius 1 is 1.25 bits per heavy atom. The number of aryl methyl sites for hydroxylation is 1. The van der Waals surface area contributed by atoms with Crippen LogP contribution in [-0.4, -0.2) is 15.5 Å². The van der Waals surface area contributed by atoms with Gasteiger partial charge in [0.15, 0.2) is 0 Å². The smallest absolute Gasteiger partial charge is 0.252 e. The van der Waals surface area contributed by atoms with Gasteiger partial charge in [0.05, 0.1) is 17.1 Å². The first-order valence-electron chi connectivity index (χ1n) is 8.04. The molecule has 0 fully saturated rings. The quantitative estimate of drug-likeness (QED) is 0.722. The number of rotatable bonds is 5. The van der Waals surface area contributed by atoms with Gasteiger partial charge in [-0.1, -0.05) is 36.4 Å². The maximum absolute atomic E-state index is 12.6. The molecule has 0 radical (unpaired) electrons. The van der Waals surface area contributed by atoms with Gasteiger partial charge < -0.3 is 9.88 Å². The molecular formula is C20H21N3O. The summed E-state index contributed by atoms with van der Waals surface area (Å²) in [5, 5.41) is 3.06. The van der Waals surface area contributed by atoms with Crippen LogP contribution < -0.4 is 5.32 Å². The van der Waals surface area contributed by atoms with E-state index in [-0.39, 0.29) is 11.9 Å². The van der Waals surface area contributed by atoms with Crippen molar-refractivity contribution in [3.05, 3.63) is 78.1 Å². The number of benzene rings is 2. The fourth-order valence-corrected chi connectivity index (χ4v) is 2.91. The summed E-state index contributed by atoms with van der Waals surface area (Å²) in [7, 11) is 0. The molecule has 0 aliphatic carbocycles. The first kappa shape index (κ1) is 16.0. The van der Waals surface area contributed by atoms with Crippen molar-refractivity contribution in [1.29, 1.82) is 0 Å². The van der Waals surface area contributed by atoms with Crippen molar-refractivity contribution in [3.63, 3.8) is 0 Å². The Balaban J connectivity index is 1.92. The van der Waals surface area contributed by atoms with E-state index in [1.807, 2.05) is 68.5 Å².